The van der Waals surface area contributed by atoms with Gasteiger partial charge in [-0.15, -0.1) is 0 Å². The Morgan fingerprint density at radius 2 is 2.25 bits per heavy atom. The highest BCUT2D eigenvalue weighted by Gasteiger charge is 2.20. The fraction of sp³-hybridized carbons (Fsp3) is 0.875. The maximum Gasteiger partial charge on any atom is 0.233 e. The Morgan fingerprint density at radius 1 is 1.50 bits per heavy atom. The molecule has 12 heavy (non-hydrogen) atoms. The Bertz CT molecular complexity index is 145. The van der Waals surface area contributed by atoms with Crippen LogP contribution in [0.3, 0.4) is 0 Å². The molecule has 0 radical (unpaired) electrons. The summed E-state index contributed by atoms with van der Waals surface area (Å²) in [6, 6.07) is 0.602. The monoisotopic (exact) mass is 171 g/mol. The molecule has 4 heteroatoms. The van der Waals surface area contributed by atoms with Crippen molar-refractivity contribution in [1.82, 2.24) is 10.6 Å². The highest BCUT2D eigenvalue weighted by molar-refractivity contribution is 5.77. The SMILES string of the molecule is NCCCNC(=O)CNC1CC1. The van der Waals surface area contributed by atoms with Crippen molar-refractivity contribution in [3.05, 3.63) is 0 Å². The summed E-state index contributed by atoms with van der Waals surface area (Å²) in [5.74, 6) is 0.0790. The fourth-order valence-corrected chi connectivity index (χ4v) is 0.917. The Morgan fingerprint density at radius 3 is 2.83 bits per heavy atom. The molecule has 0 aromatic carbocycles. The van der Waals surface area contributed by atoms with Crippen LogP contribution in [-0.2, 0) is 4.79 Å². The van der Waals surface area contributed by atoms with Crippen molar-refractivity contribution in [1.29, 1.82) is 0 Å². The smallest absolute Gasteiger partial charge is 0.233 e. The number of amides is 1. The van der Waals surface area contributed by atoms with Crippen LogP contribution in [0.4, 0.5) is 0 Å². The number of carbonyl (C=O) groups excluding carboxylic acids is 1. The van der Waals surface area contributed by atoms with Gasteiger partial charge in [-0.1, -0.05) is 0 Å². The summed E-state index contributed by atoms with van der Waals surface area (Å²) in [7, 11) is 0. The Balaban J connectivity index is 1.88. The zero-order valence-corrected chi connectivity index (χ0v) is 7.31. The van der Waals surface area contributed by atoms with Crippen LogP contribution < -0.4 is 16.4 Å². The van der Waals surface area contributed by atoms with Gasteiger partial charge >= 0.3 is 0 Å². The minimum absolute atomic E-state index is 0.0790. The van der Waals surface area contributed by atoms with E-state index in [1.165, 1.54) is 12.8 Å². The third-order valence-electron chi connectivity index (χ3n) is 1.83. The summed E-state index contributed by atoms with van der Waals surface area (Å²) in [6.07, 6.45) is 3.29. The van der Waals surface area contributed by atoms with Gasteiger partial charge in [0.15, 0.2) is 0 Å². The van der Waals surface area contributed by atoms with Crippen LogP contribution in [0.1, 0.15) is 19.3 Å². The second-order valence-electron chi connectivity index (χ2n) is 3.15. The van der Waals surface area contributed by atoms with Crippen LogP contribution in [0.15, 0.2) is 0 Å². The summed E-state index contributed by atoms with van der Waals surface area (Å²) < 4.78 is 0. The molecule has 0 heterocycles. The highest BCUT2D eigenvalue weighted by atomic mass is 16.1. The standard InChI is InChI=1S/C8H17N3O/c9-4-1-5-10-8(12)6-11-7-2-3-7/h7,11H,1-6,9H2,(H,10,12). The molecule has 1 aliphatic rings. The first-order chi connectivity index (χ1) is 5.83. The summed E-state index contributed by atoms with van der Waals surface area (Å²) in [5.41, 5.74) is 5.28. The Labute approximate surface area is 72.9 Å². The first-order valence-corrected chi connectivity index (χ1v) is 4.53. The molecule has 4 nitrogen and oxygen atoms in total. The highest BCUT2D eigenvalue weighted by Crippen LogP contribution is 2.17. The molecular formula is C8H17N3O. The van der Waals surface area contributed by atoms with Crippen LogP contribution in [0.2, 0.25) is 0 Å². The number of nitrogens with one attached hydrogen (secondary N) is 2. The van der Waals surface area contributed by atoms with Crippen molar-refractivity contribution >= 4 is 5.91 Å². The van der Waals surface area contributed by atoms with E-state index in [0.29, 0.717) is 25.7 Å². The average Bonchev–Trinajstić information content (AvgIpc) is 2.84. The van der Waals surface area contributed by atoms with Gasteiger partial charge in [-0.05, 0) is 25.8 Å². The number of carbonyl (C=O) groups is 1. The van der Waals surface area contributed by atoms with Crippen LogP contribution >= 0.6 is 0 Å². The molecule has 0 aromatic rings. The topological polar surface area (TPSA) is 67.1 Å². The second kappa shape index (κ2) is 5.11. The first kappa shape index (κ1) is 9.48. The van der Waals surface area contributed by atoms with E-state index in [1.807, 2.05) is 0 Å². The van der Waals surface area contributed by atoms with E-state index in [9.17, 15) is 4.79 Å². The summed E-state index contributed by atoms with van der Waals surface area (Å²) in [6.45, 7) is 1.78. The van der Waals surface area contributed by atoms with Gasteiger partial charge in [-0.25, -0.2) is 0 Å². The first-order valence-electron chi connectivity index (χ1n) is 4.53. The zero-order valence-electron chi connectivity index (χ0n) is 7.31. The predicted molar refractivity (Wildman–Crippen MR) is 47.7 cm³/mol. The largest absolute Gasteiger partial charge is 0.355 e. The van der Waals surface area contributed by atoms with E-state index in [2.05, 4.69) is 10.6 Å². The van der Waals surface area contributed by atoms with Gasteiger partial charge in [0.05, 0.1) is 6.54 Å². The number of hydrogen-bond donors (Lipinski definition) is 3. The minimum atomic E-state index is 0.0790. The molecule has 4 N–H and O–H groups in total. The van der Waals surface area contributed by atoms with Gasteiger partial charge in [0.2, 0.25) is 5.91 Å². The van der Waals surface area contributed by atoms with Gasteiger partial charge in [0, 0.05) is 12.6 Å². The van der Waals surface area contributed by atoms with Crippen molar-refractivity contribution in [2.45, 2.75) is 25.3 Å². The van der Waals surface area contributed by atoms with E-state index in [0.717, 1.165) is 6.42 Å². The molecule has 0 saturated heterocycles. The fourth-order valence-electron chi connectivity index (χ4n) is 0.917. The summed E-state index contributed by atoms with van der Waals surface area (Å²) in [4.78, 5) is 11.0. The van der Waals surface area contributed by atoms with Gasteiger partial charge in [-0.2, -0.15) is 0 Å². The molecule has 1 aliphatic carbocycles. The molecule has 0 aliphatic heterocycles. The van der Waals surface area contributed by atoms with E-state index in [1.54, 1.807) is 0 Å². The normalized spacial score (nSPS) is 16.1. The zero-order chi connectivity index (χ0) is 8.81. The van der Waals surface area contributed by atoms with Crippen molar-refractivity contribution in [2.24, 2.45) is 5.73 Å². The van der Waals surface area contributed by atoms with Crippen LogP contribution in [0.5, 0.6) is 0 Å². The van der Waals surface area contributed by atoms with Crippen molar-refractivity contribution < 1.29 is 4.79 Å². The van der Waals surface area contributed by atoms with E-state index in [4.69, 9.17) is 5.73 Å². The molecule has 1 fully saturated rings. The maximum absolute atomic E-state index is 11.0. The number of rotatable bonds is 6. The minimum Gasteiger partial charge on any atom is -0.355 e. The summed E-state index contributed by atoms with van der Waals surface area (Å²) >= 11 is 0. The van der Waals surface area contributed by atoms with Crippen LogP contribution in [0.25, 0.3) is 0 Å². The lowest BCUT2D eigenvalue weighted by Gasteiger charge is -2.04. The summed E-state index contributed by atoms with van der Waals surface area (Å²) in [5, 5.41) is 5.93. The molecule has 70 valence electrons. The van der Waals surface area contributed by atoms with Crippen LogP contribution in [0, 0.1) is 0 Å². The second-order valence-corrected chi connectivity index (χ2v) is 3.15. The molecular weight excluding hydrogens is 154 g/mol. The average molecular weight is 171 g/mol. The molecule has 0 bridgehead atoms. The van der Waals surface area contributed by atoms with Crippen molar-refractivity contribution in [3.8, 4) is 0 Å². The molecule has 1 amide bonds. The molecule has 0 aromatic heterocycles. The lowest BCUT2D eigenvalue weighted by Crippen LogP contribution is -2.35. The van der Waals surface area contributed by atoms with E-state index in [-0.39, 0.29) is 5.91 Å². The van der Waals surface area contributed by atoms with E-state index < -0.39 is 0 Å². The molecule has 0 unspecified atom stereocenters. The third kappa shape index (κ3) is 4.31. The Kier molecular flexibility index (Phi) is 4.04. The van der Waals surface area contributed by atoms with Crippen molar-refractivity contribution in [2.75, 3.05) is 19.6 Å². The molecule has 1 rings (SSSR count). The molecule has 1 saturated carbocycles. The van der Waals surface area contributed by atoms with E-state index >= 15 is 0 Å². The lowest BCUT2D eigenvalue weighted by atomic mass is 10.4. The molecule has 0 spiro atoms. The number of hydrogen-bond acceptors (Lipinski definition) is 3. The third-order valence-corrected chi connectivity index (χ3v) is 1.83. The molecule has 0 atom stereocenters. The van der Waals surface area contributed by atoms with Gasteiger partial charge < -0.3 is 16.4 Å². The number of nitrogens with two attached hydrogens (primary N) is 1. The predicted octanol–water partition coefficient (Wildman–Crippen LogP) is -0.797. The quantitative estimate of drug-likeness (QED) is 0.458. The van der Waals surface area contributed by atoms with Crippen LogP contribution in [-0.4, -0.2) is 31.6 Å². The van der Waals surface area contributed by atoms with Crippen molar-refractivity contribution in [3.63, 3.8) is 0 Å². The van der Waals surface area contributed by atoms with Gasteiger partial charge in [-0.3, -0.25) is 4.79 Å². The van der Waals surface area contributed by atoms with Gasteiger partial charge in [0.25, 0.3) is 0 Å². The maximum atomic E-state index is 11.0. The van der Waals surface area contributed by atoms with Gasteiger partial charge in [0.1, 0.15) is 0 Å². The Hall–Kier alpha value is -0.610. The lowest BCUT2D eigenvalue weighted by molar-refractivity contribution is -0.120.